The van der Waals surface area contributed by atoms with Crippen LogP contribution in [0.3, 0.4) is 0 Å². The molecular formula is C17H19ClN2O4S. The summed E-state index contributed by atoms with van der Waals surface area (Å²) in [6, 6.07) is 7.60. The molecule has 6 nitrogen and oxygen atoms in total. The van der Waals surface area contributed by atoms with Gasteiger partial charge in [0.05, 0.1) is 10.6 Å². The molecule has 1 heterocycles. The van der Waals surface area contributed by atoms with Crippen LogP contribution in [0.5, 0.6) is 0 Å². The third-order valence-electron chi connectivity index (χ3n) is 3.73. The molecule has 0 radical (unpaired) electrons. The second kappa shape index (κ2) is 7.84. The molecule has 0 bridgehead atoms. The van der Waals surface area contributed by atoms with Gasteiger partial charge < -0.3 is 10.3 Å². The predicted octanol–water partition coefficient (Wildman–Crippen LogP) is 2.13. The summed E-state index contributed by atoms with van der Waals surface area (Å²) in [5.74, 6) is -0.749. The number of pyridine rings is 1. The molecule has 134 valence electrons. The fraction of sp³-hybridized carbons (Fsp3) is 0.294. The van der Waals surface area contributed by atoms with Crippen LogP contribution >= 0.6 is 11.6 Å². The zero-order valence-electron chi connectivity index (χ0n) is 13.9. The highest BCUT2D eigenvalue weighted by Crippen LogP contribution is 2.16. The largest absolute Gasteiger partial charge is 0.352 e. The maximum Gasteiger partial charge on any atom is 0.253 e. The van der Waals surface area contributed by atoms with Crippen LogP contribution in [0.2, 0.25) is 5.02 Å². The van der Waals surface area contributed by atoms with Crippen LogP contribution in [0.4, 0.5) is 0 Å². The Morgan fingerprint density at radius 1 is 1.20 bits per heavy atom. The van der Waals surface area contributed by atoms with Crippen LogP contribution < -0.4 is 10.9 Å². The Kier molecular flexibility index (Phi) is 6.02. The van der Waals surface area contributed by atoms with Crippen LogP contribution in [0.25, 0.3) is 0 Å². The van der Waals surface area contributed by atoms with E-state index in [4.69, 9.17) is 11.6 Å². The van der Waals surface area contributed by atoms with E-state index < -0.39 is 15.7 Å². The predicted molar refractivity (Wildman–Crippen MR) is 96.5 cm³/mol. The van der Waals surface area contributed by atoms with Crippen LogP contribution in [0, 0.1) is 13.8 Å². The van der Waals surface area contributed by atoms with E-state index in [1.165, 1.54) is 24.3 Å². The van der Waals surface area contributed by atoms with Crippen molar-refractivity contribution >= 4 is 27.3 Å². The standard InChI is InChI=1S/C17H19ClN2O4S/c1-11-9-12(2)20-17(22)15(11)10-19-16(21)7-8-25(23,24)14-5-3-13(18)4-6-14/h3-6,9H,7-8,10H2,1-2H3,(H,19,21)(H,20,22). The number of H-pyrrole nitrogens is 1. The molecule has 2 rings (SSSR count). The highest BCUT2D eigenvalue weighted by Gasteiger charge is 2.16. The number of nitrogens with one attached hydrogen (secondary N) is 2. The first kappa shape index (κ1) is 19.2. The summed E-state index contributed by atoms with van der Waals surface area (Å²) in [4.78, 5) is 26.6. The monoisotopic (exact) mass is 382 g/mol. The lowest BCUT2D eigenvalue weighted by atomic mass is 10.1. The Hall–Kier alpha value is -2.12. The van der Waals surface area contributed by atoms with E-state index in [-0.39, 0.29) is 29.2 Å². The molecule has 8 heteroatoms. The minimum Gasteiger partial charge on any atom is -0.352 e. The van der Waals surface area contributed by atoms with E-state index in [9.17, 15) is 18.0 Å². The number of aromatic nitrogens is 1. The summed E-state index contributed by atoms with van der Waals surface area (Å²) < 4.78 is 24.4. The molecule has 0 aliphatic heterocycles. The van der Waals surface area contributed by atoms with E-state index in [1.807, 2.05) is 6.07 Å². The summed E-state index contributed by atoms with van der Waals surface area (Å²) >= 11 is 5.74. The minimum absolute atomic E-state index is 0.0568. The van der Waals surface area contributed by atoms with E-state index in [1.54, 1.807) is 13.8 Å². The Morgan fingerprint density at radius 2 is 1.84 bits per heavy atom. The molecule has 1 aromatic carbocycles. The summed E-state index contributed by atoms with van der Waals surface area (Å²) in [5, 5.41) is 3.03. The van der Waals surface area contributed by atoms with Gasteiger partial charge in [-0.3, -0.25) is 9.59 Å². The molecule has 2 N–H and O–H groups in total. The fourth-order valence-electron chi connectivity index (χ4n) is 2.36. The molecule has 0 aliphatic rings. The van der Waals surface area contributed by atoms with Gasteiger partial charge in [-0.2, -0.15) is 0 Å². The number of carbonyl (C=O) groups is 1. The summed E-state index contributed by atoms with van der Waals surface area (Å²) in [6.45, 7) is 3.62. The van der Waals surface area contributed by atoms with Crippen molar-refractivity contribution in [3.63, 3.8) is 0 Å². The molecule has 0 aliphatic carbocycles. The number of hydrogen-bond acceptors (Lipinski definition) is 4. The van der Waals surface area contributed by atoms with Crippen molar-refractivity contribution in [3.05, 3.63) is 62.5 Å². The van der Waals surface area contributed by atoms with Crippen molar-refractivity contribution in [1.29, 1.82) is 0 Å². The molecule has 0 saturated heterocycles. The molecular weight excluding hydrogens is 364 g/mol. The zero-order chi connectivity index (χ0) is 18.6. The van der Waals surface area contributed by atoms with E-state index in [2.05, 4.69) is 10.3 Å². The van der Waals surface area contributed by atoms with Gasteiger partial charge >= 0.3 is 0 Å². The van der Waals surface area contributed by atoms with Crippen molar-refractivity contribution in [1.82, 2.24) is 10.3 Å². The molecule has 1 aromatic heterocycles. The smallest absolute Gasteiger partial charge is 0.253 e. The maximum absolute atomic E-state index is 12.2. The second-order valence-corrected chi connectivity index (χ2v) is 8.29. The van der Waals surface area contributed by atoms with Gasteiger partial charge in [-0.1, -0.05) is 11.6 Å². The van der Waals surface area contributed by atoms with Crippen molar-refractivity contribution in [2.45, 2.75) is 31.7 Å². The highest BCUT2D eigenvalue weighted by atomic mass is 35.5. The lowest BCUT2D eigenvalue weighted by molar-refractivity contribution is -0.120. The third kappa shape index (κ3) is 5.17. The lowest BCUT2D eigenvalue weighted by Crippen LogP contribution is -2.29. The molecule has 25 heavy (non-hydrogen) atoms. The van der Waals surface area contributed by atoms with Crippen LogP contribution in [0.1, 0.15) is 23.2 Å². The quantitative estimate of drug-likeness (QED) is 0.799. The average molecular weight is 383 g/mol. The number of hydrogen-bond donors (Lipinski definition) is 2. The van der Waals surface area contributed by atoms with E-state index in [0.717, 1.165) is 11.3 Å². The summed E-state index contributed by atoms with van der Waals surface area (Å²) in [5.41, 5.74) is 1.72. The second-order valence-electron chi connectivity index (χ2n) is 5.74. The van der Waals surface area contributed by atoms with Crippen LogP contribution in [-0.4, -0.2) is 25.1 Å². The molecule has 0 unspecified atom stereocenters. The van der Waals surface area contributed by atoms with E-state index >= 15 is 0 Å². The van der Waals surface area contributed by atoms with Gasteiger partial charge in [0.15, 0.2) is 9.84 Å². The molecule has 0 fully saturated rings. The van der Waals surface area contributed by atoms with Gasteiger partial charge in [-0.05, 0) is 49.7 Å². The number of aromatic amines is 1. The fourth-order valence-corrected chi connectivity index (χ4v) is 3.73. The van der Waals surface area contributed by atoms with Crippen molar-refractivity contribution in [2.24, 2.45) is 0 Å². The van der Waals surface area contributed by atoms with Crippen molar-refractivity contribution in [2.75, 3.05) is 5.75 Å². The average Bonchev–Trinajstić information content (AvgIpc) is 2.52. The van der Waals surface area contributed by atoms with Crippen LogP contribution in [0.15, 0.2) is 40.0 Å². The topological polar surface area (TPSA) is 96.1 Å². The Bertz CT molecular complexity index is 934. The maximum atomic E-state index is 12.2. The molecule has 0 spiro atoms. The van der Waals surface area contributed by atoms with Crippen molar-refractivity contribution in [3.8, 4) is 0 Å². The Morgan fingerprint density at radius 3 is 2.44 bits per heavy atom. The number of sulfone groups is 1. The number of carbonyl (C=O) groups excluding carboxylic acids is 1. The number of benzene rings is 1. The summed E-state index contributed by atoms with van der Waals surface area (Å²) in [6.07, 6.45) is -0.187. The zero-order valence-corrected chi connectivity index (χ0v) is 15.5. The SMILES string of the molecule is Cc1cc(C)c(CNC(=O)CCS(=O)(=O)c2ccc(Cl)cc2)c(=O)[nH]1. The summed E-state index contributed by atoms with van der Waals surface area (Å²) in [7, 11) is -3.56. The molecule has 0 atom stereocenters. The van der Waals surface area contributed by atoms with Gasteiger partial charge in [0.2, 0.25) is 5.91 Å². The first-order valence-electron chi connectivity index (χ1n) is 7.63. The molecule has 2 aromatic rings. The normalized spacial score (nSPS) is 11.3. The number of aryl methyl sites for hydroxylation is 2. The van der Waals surface area contributed by atoms with Gasteiger partial charge in [0.25, 0.3) is 5.56 Å². The number of halogens is 1. The third-order valence-corrected chi connectivity index (χ3v) is 5.71. The highest BCUT2D eigenvalue weighted by molar-refractivity contribution is 7.91. The Balaban J connectivity index is 1.95. The van der Waals surface area contributed by atoms with Gasteiger partial charge in [0.1, 0.15) is 0 Å². The number of amides is 1. The molecule has 0 saturated carbocycles. The first-order chi connectivity index (χ1) is 11.7. The van der Waals surface area contributed by atoms with Gasteiger partial charge in [0, 0.05) is 29.2 Å². The number of rotatable bonds is 6. The van der Waals surface area contributed by atoms with Crippen molar-refractivity contribution < 1.29 is 13.2 Å². The van der Waals surface area contributed by atoms with Gasteiger partial charge in [-0.15, -0.1) is 0 Å². The Labute approximate surface area is 151 Å². The van der Waals surface area contributed by atoms with Crippen LogP contribution in [-0.2, 0) is 21.2 Å². The first-order valence-corrected chi connectivity index (χ1v) is 9.66. The lowest BCUT2D eigenvalue weighted by Gasteiger charge is -2.09. The minimum atomic E-state index is -3.56. The van der Waals surface area contributed by atoms with E-state index in [0.29, 0.717) is 10.6 Å². The molecule has 1 amide bonds. The van der Waals surface area contributed by atoms with Gasteiger partial charge in [-0.25, -0.2) is 8.42 Å².